The van der Waals surface area contributed by atoms with Crippen molar-refractivity contribution in [1.82, 2.24) is 14.9 Å². The van der Waals surface area contributed by atoms with Crippen molar-refractivity contribution in [2.45, 2.75) is 78.3 Å². The summed E-state index contributed by atoms with van der Waals surface area (Å²) in [5, 5.41) is 3.47. The van der Waals surface area contributed by atoms with Crippen LogP contribution in [0.4, 0.5) is 0 Å². The quantitative estimate of drug-likeness (QED) is 0.893. The third-order valence-electron chi connectivity index (χ3n) is 4.62. The summed E-state index contributed by atoms with van der Waals surface area (Å²) in [6.07, 6.45) is 8.01. The number of imidazole rings is 1. The predicted molar refractivity (Wildman–Crippen MR) is 82.9 cm³/mol. The van der Waals surface area contributed by atoms with E-state index < -0.39 is 0 Å². The van der Waals surface area contributed by atoms with E-state index in [1.54, 1.807) is 0 Å². The summed E-state index contributed by atoms with van der Waals surface area (Å²) in [5.74, 6) is 2.10. The maximum Gasteiger partial charge on any atom is 0.112 e. The normalized spacial score (nSPS) is 20.9. The zero-order valence-electron chi connectivity index (χ0n) is 13.3. The van der Waals surface area contributed by atoms with E-state index in [9.17, 15) is 0 Å². The van der Waals surface area contributed by atoms with Crippen molar-refractivity contribution < 1.29 is 0 Å². The summed E-state index contributed by atoms with van der Waals surface area (Å²) in [6, 6.07) is 0. The van der Waals surface area contributed by atoms with Gasteiger partial charge in [-0.05, 0) is 18.3 Å². The maximum atomic E-state index is 5.06. The van der Waals surface area contributed by atoms with Gasteiger partial charge in [0.15, 0.2) is 0 Å². The SMILES string of the molecule is CC(C)(C)Cn1c(C2CCCCC2)nc2c1CCNC2. The fourth-order valence-electron chi connectivity index (χ4n) is 3.71. The number of rotatable bonds is 2. The highest BCUT2D eigenvalue weighted by molar-refractivity contribution is 5.22. The molecule has 1 aliphatic carbocycles. The molecule has 3 rings (SSSR count). The fraction of sp³-hybridized carbons (Fsp3) is 0.824. The molecule has 1 fully saturated rings. The number of hydrogen-bond acceptors (Lipinski definition) is 2. The lowest BCUT2D eigenvalue weighted by atomic mass is 9.88. The van der Waals surface area contributed by atoms with Gasteiger partial charge in [-0.3, -0.25) is 0 Å². The van der Waals surface area contributed by atoms with E-state index in [2.05, 4.69) is 30.7 Å². The fourth-order valence-corrected chi connectivity index (χ4v) is 3.71. The molecular formula is C17H29N3. The maximum absolute atomic E-state index is 5.06. The van der Waals surface area contributed by atoms with E-state index in [1.165, 1.54) is 49.3 Å². The second-order valence-electron chi connectivity index (χ2n) is 7.77. The first kappa shape index (κ1) is 14.1. The van der Waals surface area contributed by atoms with E-state index in [1.807, 2.05) is 0 Å². The molecule has 2 heterocycles. The minimum absolute atomic E-state index is 0.322. The van der Waals surface area contributed by atoms with Crippen LogP contribution in [0.3, 0.4) is 0 Å². The van der Waals surface area contributed by atoms with Gasteiger partial charge in [0, 0.05) is 37.7 Å². The van der Waals surface area contributed by atoms with Crippen LogP contribution in [0.1, 0.15) is 76.0 Å². The van der Waals surface area contributed by atoms with E-state index >= 15 is 0 Å². The van der Waals surface area contributed by atoms with Crippen molar-refractivity contribution in [1.29, 1.82) is 0 Å². The molecule has 3 heteroatoms. The topological polar surface area (TPSA) is 29.9 Å². The molecule has 1 N–H and O–H groups in total. The van der Waals surface area contributed by atoms with Crippen LogP contribution in [0.15, 0.2) is 0 Å². The Kier molecular flexibility index (Phi) is 3.89. The number of fused-ring (bicyclic) bond motifs is 1. The van der Waals surface area contributed by atoms with Crippen molar-refractivity contribution in [3.63, 3.8) is 0 Å². The first-order valence-electron chi connectivity index (χ1n) is 8.33. The van der Waals surface area contributed by atoms with Gasteiger partial charge in [0.05, 0.1) is 5.69 Å². The molecule has 20 heavy (non-hydrogen) atoms. The first-order chi connectivity index (χ1) is 9.54. The number of nitrogens with one attached hydrogen (secondary N) is 1. The number of hydrogen-bond donors (Lipinski definition) is 1. The standard InChI is InChI=1S/C17H29N3/c1-17(2,3)12-20-15-9-10-18-11-14(15)19-16(20)13-7-5-4-6-8-13/h13,18H,4-12H2,1-3H3. The molecule has 0 amide bonds. The van der Waals surface area contributed by atoms with Gasteiger partial charge >= 0.3 is 0 Å². The summed E-state index contributed by atoms with van der Waals surface area (Å²) in [5.41, 5.74) is 3.16. The molecule has 0 atom stereocenters. The van der Waals surface area contributed by atoms with Gasteiger partial charge in [-0.2, -0.15) is 0 Å². The molecule has 112 valence electrons. The Hall–Kier alpha value is -0.830. The molecule has 0 aromatic carbocycles. The lowest BCUT2D eigenvalue weighted by Gasteiger charge is -2.27. The van der Waals surface area contributed by atoms with Gasteiger partial charge in [-0.1, -0.05) is 40.0 Å². The molecule has 0 saturated heterocycles. The average Bonchev–Trinajstić information content (AvgIpc) is 2.77. The molecule has 1 saturated carbocycles. The van der Waals surface area contributed by atoms with E-state index in [-0.39, 0.29) is 0 Å². The summed E-state index contributed by atoms with van der Waals surface area (Å²) in [4.78, 5) is 5.06. The monoisotopic (exact) mass is 275 g/mol. The molecule has 0 bridgehead atoms. The summed E-state index contributed by atoms with van der Waals surface area (Å²) >= 11 is 0. The highest BCUT2D eigenvalue weighted by Gasteiger charge is 2.28. The second-order valence-corrected chi connectivity index (χ2v) is 7.77. The molecule has 1 aromatic rings. The summed E-state index contributed by atoms with van der Waals surface area (Å²) < 4.78 is 2.59. The van der Waals surface area contributed by atoms with Crippen LogP contribution in [0.25, 0.3) is 0 Å². The zero-order chi connectivity index (χ0) is 14.2. The van der Waals surface area contributed by atoms with Gasteiger partial charge in [0.25, 0.3) is 0 Å². The van der Waals surface area contributed by atoms with Gasteiger partial charge < -0.3 is 9.88 Å². The largest absolute Gasteiger partial charge is 0.331 e. The second kappa shape index (κ2) is 5.51. The van der Waals surface area contributed by atoms with Crippen LogP contribution in [-0.2, 0) is 19.5 Å². The van der Waals surface area contributed by atoms with Gasteiger partial charge in [-0.25, -0.2) is 4.98 Å². The van der Waals surface area contributed by atoms with Gasteiger partial charge in [-0.15, -0.1) is 0 Å². The molecular weight excluding hydrogens is 246 g/mol. The molecule has 0 spiro atoms. The Labute approximate surface area is 123 Å². The Bertz CT molecular complexity index is 461. The lowest BCUT2D eigenvalue weighted by Crippen LogP contribution is -2.27. The smallest absolute Gasteiger partial charge is 0.112 e. The third-order valence-corrected chi connectivity index (χ3v) is 4.62. The van der Waals surface area contributed by atoms with E-state index in [4.69, 9.17) is 4.98 Å². The average molecular weight is 275 g/mol. The van der Waals surface area contributed by atoms with Crippen LogP contribution in [0.2, 0.25) is 0 Å². The summed E-state index contributed by atoms with van der Waals surface area (Å²) in [6.45, 7) is 10.2. The Morgan fingerprint density at radius 2 is 1.95 bits per heavy atom. The summed E-state index contributed by atoms with van der Waals surface area (Å²) in [7, 11) is 0. The molecule has 1 aromatic heterocycles. The number of nitrogens with zero attached hydrogens (tertiary/aromatic N) is 2. The van der Waals surface area contributed by atoms with Crippen molar-refractivity contribution >= 4 is 0 Å². The van der Waals surface area contributed by atoms with Gasteiger partial charge in [0.1, 0.15) is 5.82 Å². The van der Waals surface area contributed by atoms with Crippen molar-refractivity contribution in [3.8, 4) is 0 Å². The van der Waals surface area contributed by atoms with Gasteiger partial charge in [0.2, 0.25) is 0 Å². The highest BCUT2D eigenvalue weighted by Crippen LogP contribution is 2.35. The van der Waals surface area contributed by atoms with Crippen molar-refractivity contribution in [2.75, 3.05) is 6.54 Å². The Morgan fingerprint density at radius 3 is 2.65 bits per heavy atom. The first-order valence-corrected chi connectivity index (χ1v) is 8.33. The molecule has 1 aliphatic heterocycles. The highest BCUT2D eigenvalue weighted by atomic mass is 15.1. The van der Waals surface area contributed by atoms with Crippen molar-refractivity contribution in [3.05, 3.63) is 17.2 Å². The van der Waals surface area contributed by atoms with Crippen LogP contribution < -0.4 is 5.32 Å². The Balaban J connectivity index is 1.96. The van der Waals surface area contributed by atoms with E-state index in [0.717, 1.165) is 26.1 Å². The predicted octanol–water partition coefficient (Wildman–Crippen LogP) is 3.62. The number of aromatic nitrogens is 2. The molecule has 0 radical (unpaired) electrons. The van der Waals surface area contributed by atoms with Crippen LogP contribution in [0, 0.1) is 5.41 Å². The zero-order valence-corrected chi connectivity index (χ0v) is 13.3. The minimum Gasteiger partial charge on any atom is -0.331 e. The third kappa shape index (κ3) is 2.93. The minimum atomic E-state index is 0.322. The Morgan fingerprint density at radius 1 is 1.20 bits per heavy atom. The lowest BCUT2D eigenvalue weighted by molar-refractivity contribution is 0.318. The molecule has 2 aliphatic rings. The molecule has 3 nitrogen and oxygen atoms in total. The van der Waals surface area contributed by atoms with Crippen molar-refractivity contribution in [2.24, 2.45) is 5.41 Å². The van der Waals surface area contributed by atoms with Crippen LogP contribution >= 0.6 is 0 Å². The van der Waals surface area contributed by atoms with Crippen LogP contribution in [-0.4, -0.2) is 16.1 Å². The molecule has 0 unspecified atom stereocenters. The van der Waals surface area contributed by atoms with Crippen LogP contribution in [0.5, 0.6) is 0 Å². The van der Waals surface area contributed by atoms with E-state index in [0.29, 0.717) is 11.3 Å².